The molecule has 0 unspecified atom stereocenters. The molecule has 1 rings (SSSR count). The van der Waals surface area contributed by atoms with Crippen LogP contribution in [0.3, 0.4) is 0 Å². The second kappa shape index (κ2) is 10.8. The normalized spacial score (nSPS) is 10.8. The van der Waals surface area contributed by atoms with E-state index < -0.39 is 29.8 Å². The van der Waals surface area contributed by atoms with Gasteiger partial charge in [0, 0.05) is 11.4 Å². The molecule has 0 aliphatic carbocycles. The summed E-state index contributed by atoms with van der Waals surface area (Å²) in [6, 6.07) is 0. The van der Waals surface area contributed by atoms with Crippen molar-refractivity contribution in [3.05, 3.63) is 28.6 Å². The van der Waals surface area contributed by atoms with E-state index in [1.807, 2.05) is 0 Å². The molecule has 0 aromatic carbocycles. The summed E-state index contributed by atoms with van der Waals surface area (Å²) in [7, 11) is 5.59. The van der Waals surface area contributed by atoms with Gasteiger partial charge < -0.3 is 28.3 Å². The summed E-state index contributed by atoms with van der Waals surface area (Å²) in [6.45, 7) is 1.42. The highest BCUT2D eigenvalue weighted by Crippen LogP contribution is 2.30. The maximum absolute atomic E-state index is 12.5. The van der Waals surface area contributed by atoms with Gasteiger partial charge in [-0.15, -0.1) is 0 Å². The summed E-state index contributed by atoms with van der Waals surface area (Å²) in [5, 5.41) is 0. The average molecular weight is 425 g/mol. The Bertz CT molecular complexity index is 894. The van der Waals surface area contributed by atoms with Gasteiger partial charge in [-0.05, 0) is 13.3 Å². The summed E-state index contributed by atoms with van der Waals surface area (Å²) < 4.78 is 24.6. The first kappa shape index (κ1) is 24.4. The molecule has 0 aliphatic heterocycles. The minimum atomic E-state index is -0.953. The third-order valence-electron chi connectivity index (χ3n) is 4.17. The zero-order chi connectivity index (χ0) is 23.0. The van der Waals surface area contributed by atoms with Crippen LogP contribution in [0, 0.1) is 6.92 Å². The largest absolute Gasteiger partial charge is 0.469 e. The molecule has 11 heteroatoms. The molecule has 0 spiro atoms. The predicted octanol–water partition coefficient (Wildman–Crippen LogP) is 0.662. The van der Waals surface area contributed by atoms with Crippen LogP contribution >= 0.6 is 0 Å². The Morgan fingerprint density at radius 3 is 1.83 bits per heavy atom. The highest BCUT2D eigenvalue weighted by molar-refractivity contribution is 6.16. The van der Waals surface area contributed by atoms with Gasteiger partial charge in [0.15, 0.2) is 0 Å². The molecule has 0 aliphatic rings. The Hall–Kier alpha value is -3.63. The second-order valence-corrected chi connectivity index (χ2v) is 5.72. The second-order valence-electron chi connectivity index (χ2n) is 5.72. The third-order valence-corrected chi connectivity index (χ3v) is 4.17. The van der Waals surface area contributed by atoms with Crippen molar-refractivity contribution >= 4 is 35.5 Å². The third kappa shape index (κ3) is 5.04. The van der Waals surface area contributed by atoms with Crippen molar-refractivity contribution in [2.75, 3.05) is 35.5 Å². The van der Waals surface area contributed by atoms with Crippen LogP contribution in [0.5, 0.6) is 0 Å². The topological polar surface area (TPSA) is 136 Å². The molecule has 164 valence electrons. The SMILES string of the molecule is COC(=O)/C=C(/C(=O)OC)n1c(C)c(C(=O)OC)c(C(=O)OC)c1CCC(=O)OC. The fraction of sp³-hybridized carbons (Fsp3) is 0.421. The summed E-state index contributed by atoms with van der Waals surface area (Å²) in [4.78, 5) is 60.9. The van der Waals surface area contributed by atoms with E-state index in [2.05, 4.69) is 9.47 Å². The fourth-order valence-corrected chi connectivity index (χ4v) is 2.80. The van der Waals surface area contributed by atoms with Gasteiger partial charge in [-0.25, -0.2) is 19.2 Å². The molecular formula is C19H23NO10. The smallest absolute Gasteiger partial charge is 0.355 e. The van der Waals surface area contributed by atoms with Gasteiger partial charge in [-0.2, -0.15) is 0 Å². The predicted molar refractivity (Wildman–Crippen MR) is 100 cm³/mol. The standard InChI is InChI=1S/C19H23NO10/c1-10-15(18(24)29-5)16(19(25)30-6)11(7-8-13(21)26-2)20(10)12(17(23)28-4)9-14(22)27-3/h9H,7-8H2,1-6H3/b12-9-. The number of carbonyl (C=O) groups excluding carboxylic acids is 5. The van der Waals surface area contributed by atoms with E-state index in [0.717, 1.165) is 39.1 Å². The van der Waals surface area contributed by atoms with Crippen molar-refractivity contribution in [3.63, 3.8) is 0 Å². The fourth-order valence-electron chi connectivity index (χ4n) is 2.80. The van der Waals surface area contributed by atoms with Crippen LogP contribution in [0.2, 0.25) is 0 Å². The van der Waals surface area contributed by atoms with E-state index in [1.54, 1.807) is 0 Å². The van der Waals surface area contributed by atoms with Gasteiger partial charge in [0.1, 0.15) is 5.70 Å². The Labute approximate surface area is 172 Å². The molecule has 0 bridgehead atoms. The highest BCUT2D eigenvalue weighted by Gasteiger charge is 2.33. The van der Waals surface area contributed by atoms with Gasteiger partial charge in [-0.1, -0.05) is 0 Å². The Morgan fingerprint density at radius 2 is 1.37 bits per heavy atom. The minimum Gasteiger partial charge on any atom is -0.469 e. The van der Waals surface area contributed by atoms with E-state index in [4.69, 9.17) is 14.2 Å². The van der Waals surface area contributed by atoms with Crippen LogP contribution in [0.1, 0.15) is 38.5 Å². The van der Waals surface area contributed by atoms with Gasteiger partial charge in [-0.3, -0.25) is 4.79 Å². The van der Waals surface area contributed by atoms with Crippen LogP contribution in [-0.2, 0) is 44.5 Å². The molecule has 0 radical (unpaired) electrons. The lowest BCUT2D eigenvalue weighted by atomic mass is 10.1. The molecule has 1 aromatic rings. The maximum Gasteiger partial charge on any atom is 0.355 e. The van der Waals surface area contributed by atoms with Crippen molar-refractivity contribution in [3.8, 4) is 0 Å². The number of carbonyl (C=O) groups is 5. The van der Waals surface area contributed by atoms with Crippen LogP contribution in [-0.4, -0.2) is 70.0 Å². The van der Waals surface area contributed by atoms with Crippen LogP contribution in [0.15, 0.2) is 6.08 Å². The van der Waals surface area contributed by atoms with E-state index >= 15 is 0 Å². The molecule has 0 amide bonds. The summed E-state index contributed by atoms with van der Waals surface area (Å²) in [5.74, 6) is -4.23. The van der Waals surface area contributed by atoms with Crippen molar-refractivity contribution in [2.24, 2.45) is 0 Å². The number of hydrogen-bond acceptors (Lipinski definition) is 10. The number of hydrogen-bond donors (Lipinski definition) is 0. The Kier molecular flexibility index (Phi) is 8.78. The number of rotatable bonds is 8. The van der Waals surface area contributed by atoms with Gasteiger partial charge in [0.25, 0.3) is 0 Å². The lowest BCUT2D eigenvalue weighted by Gasteiger charge is -2.14. The van der Waals surface area contributed by atoms with Crippen molar-refractivity contribution in [1.29, 1.82) is 0 Å². The molecule has 0 saturated heterocycles. The molecule has 1 aromatic heterocycles. The van der Waals surface area contributed by atoms with E-state index in [9.17, 15) is 24.0 Å². The van der Waals surface area contributed by atoms with Crippen LogP contribution in [0.25, 0.3) is 5.70 Å². The lowest BCUT2D eigenvalue weighted by molar-refractivity contribution is -0.140. The molecule has 1 heterocycles. The average Bonchev–Trinajstić information content (AvgIpc) is 3.05. The van der Waals surface area contributed by atoms with E-state index in [1.165, 1.54) is 14.0 Å². The summed E-state index contributed by atoms with van der Waals surface area (Å²) in [5.41, 5.74) is -0.621. The van der Waals surface area contributed by atoms with Crippen LogP contribution < -0.4 is 0 Å². The molecule has 30 heavy (non-hydrogen) atoms. The first-order valence-corrected chi connectivity index (χ1v) is 8.54. The Balaban J connectivity index is 3.99. The molecule has 0 atom stereocenters. The highest BCUT2D eigenvalue weighted by atomic mass is 16.5. The molecule has 0 fully saturated rings. The molecule has 11 nitrogen and oxygen atoms in total. The molecular weight excluding hydrogens is 402 g/mol. The zero-order valence-electron chi connectivity index (χ0n) is 17.5. The van der Waals surface area contributed by atoms with Crippen LogP contribution in [0.4, 0.5) is 0 Å². The Morgan fingerprint density at radius 1 is 0.800 bits per heavy atom. The van der Waals surface area contributed by atoms with Gasteiger partial charge >= 0.3 is 29.8 Å². The first-order valence-electron chi connectivity index (χ1n) is 8.54. The number of nitrogens with zero attached hydrogens (tertiary/aromatic N) is 1. The van der Waals surface area contributed by atoms with E-state index in [-0.39, 0.29) is 41.1 Å². The minimum absolute atomic E-state index is 0.0469. The number of ether oxygens (including phenoxy) is 5. The van der Waals surface area contributed by atoms with E-state index in [0.29, 0.717) is 0 Å². The number of methoxy groups -OCH3 is 5. The van der Waals surface area contributed by atoms with Crippen molar-refractivity contribution in [1.82, 2.24) is 4.57 Å². The van der Waals surface area contributed by atoms with Crippen molar-refractivity contribution < 1.29 is 47.7 Å². The number of esters is 5. The monoisotopic (exact) mass is 425 g/mol. The maximum atomic E-state index is 12.5. The molecule has 0 saturated carbocycles. The summed E-state index contributed by atoms with van der Waals surface area (Å²) in [6.07, 6.45) is 0.504. The van der Waals surface area contributed by atoms with Crippen molar-refractivity contribution in [2.45, 2.75) is 19.8 Å². The lowest BCUT2D eigenvalue weighted by Crippen LogP contribution is -2.18. The van der Waals surface area contributed by atoms with Gasteiger partial charge in [0.2, 0.25) is 0 Å². The number of aromatic nitrogens is 1. The quantitative estimate of drug-likeness (QED) is 0.332. The first-order chi connectivity index (χ1) is 14.2. The zero-order valence-corrected chi connectivity index (χ0v) is 17.5. The molecule has 0 N–H and O–H groups in total. The summed E-state index contributed by atoms with van der Waals surface area (Å²) >= 11 is 0. The van der Waals surface area contributed by atoms with Gasteiger partial charge in [0.05, 0.1) is 59.2 Å².